The number of esters is 1. The number of hydrogen-bond acceptors (Lipinski definition) is 5. The van der Waals surface area contributed by atoms with Crippen LogP contribution in [0.5, 0.6) is 0 Å². The SMILES string of the molecule is CCOC(=O)c1nc(N)c(C#N)cc1-c1ccc2ccccc2c1. The molecule has 24 heavy (non-hydrogen) atoms. The number of carbonyl (C=O) groups excluding carboxylic acids is 1. The number of anilines is 1. The Balaban J connectivity index is 2.23. The van der Waals surface area contributed by atoms with Gasteiger partial charge in [-0.1, -0.05) is 36.4 Å². The van der Waals surface area contributed by atoms with Crippen LogP contribution >= 0.6 is 0 Å². The van der Waals surface area contributed by atoms with Crippen molar-refractivity contribution in [3.8, 4) is 17.2 Å². The zero-order chi connectivity index (χ0) is 17.1. The maximum atomic E-state index is 12.2. The van der Waals surface area contributed by atoms with Crippen LogP contribution in [0.2, 0.25) is 0 Å². The van der Waals surface area contributed by atoms with Gasteiger partial charge in [-0.05, 0) is 35.4 Å². The third-order valence-electron chi connectivity index (χ3n) is 3.70. The van der Waals surface area contributed by atoms with Crippen LogP contribution in [-0.2, 0) is 4.74 Å². The summed E-state index contributed by atoms with van der Waals surface area (Å²) in [5.74, 6) is -0.540. The molecule has 0 unspecified atom stereocenters. The molecular weight excluding hydrogens is 302 g/mol. The maximum absolute atomic E-state index is 12.2. The Morgan fingerprint density at radius 2 is 1.96 bits per heavy atom. The molecule has 2 N–H and O–H groups in total. The van der Waals surface area contributed by atoms with Crippen molar-refractivity contribution in [2.24, 2.45) is 0 Å². The summed E-state index contributed by atoms with van der Waals surface area (Å²) in [5.41, 5.74) is 7.42. The Hall–Kier alpha value is -3.39. The molecule has 0 saturated heterocycles. The lowest BCUT2D eigenvalue weighted by atomic mass is 9.98. The Kier molecular flexibility index (Phi) is 4.13. The predicted molar refractivity (Wildman–Crippen MR) is 92.3 cm³/mol. The van der Waals surface area contributed by atoms with E-state index < -0.39 is 5.97 Å². The van der Waals surface area contributed by atoms with Crippen LogP contribution in [0.3, 0.4) is 0 Å². The monoisotopic (exact) mass is 317 g/mol. The minimum absolute atomic E-state index is 0.0186. The minimum atomic E-state index is -0.558. The van der Waals surface area contributed by atoms with Gasteiger partial charge in [0.15, 0.2) is 5.69 Å². The van der Waals surface area contributed by atoms with Gasteiger partial charge in [0.25, 0.3) is 0 Å². The van der Waals surface area contributed by atoms with E-state index in [4.69, 9.17) is 10.5 Å². The van der Waals surface area contributed by atoms with E-state index in [2.05, 4.69) is 4.98 Å². The molecule has 0 atom stereocenters. The summed E-state index contributed by atoms with van der Waals surface area (Å²) in [6.07, 6.45) is 0. The number of nitriles is 1. The van der Waals surface area contributed by atoms with Crippen LogP contribution in [0.1, 0.15) is 23.0 Å². The molecule has 1 aromatic heterocycles. The van der Waals surface area contributed by atoms with Crippen molar-refractivity contribution in [3.63, 3.8) is 0 Å². The highest BCUT2D eigenvalue weighted by molar-refractivity contribution is 5.98. The molecule has 0 aliphatic carbocycles. The maximum Gasteiger partial charge on any atom is 0.357 e. The van der Waals surface area contributed by atoms with E-state index in [1.807, 2.05) is 48.5 Å². The molecule has 0 saturated carbocycles. The van der Waals surface area contributed by atoms with E-state index in [-0.39, 0.29) is 23.7 Å². The Bertz CT molecular complexity index is 974. The van der Waals surface area contributed by atoms with Gasteiger partial charge in [0.2, 0.25) is 0 Å². The molecule has 3 aromatic rings. The van der Waals surface area contributed by atoms with Gasteiger partial charge in [-0.25, -0.2) is 9.78 Å². The highest BCUT2D eigenvalue weighted by atomic mass is 16.5. The van der Waals surface area contributed by atoms with Gasteiger partial charge in [0.05, 0.1) is 12.2 Å². The molecule has 5 heteroatoms. The van der Waals surface area contributed by atoms with E-state index in [0.717, 1.165) is 16.3 Å². The summed E-state index contributed by atoms with van der Waals surface area (Å²) in [6, 6.07) is 17.3. The van der Waals surface area contributed by atoms with Gasteiger partial charge in [0, 0.05) is 5.56 Å². The number of rotatable bonds is 3. The zero-order valence-electron chi connectivity index (χ0n) is 13.1. The first-order chi connectivity index (χ1) is 11.6. The average Bonchev–Trinajstić information content (AvgIpc) is 2.61. The number of nitrogens with two attached hydrogens (primary N) is 1. The number of ether oxygens (including phenoxy) is 1. The fourth-order valence-electron chi connectivity index (χ4n) is 2.55. The van der Waals surface area contributed by atoms with Crippen LogP contribution in [0.15, 0.2) is 48.5 Å². The number of nitrogens with zero attached hydrogens (tertiary/aromatic N) is 2. The number of hydrogen-bond donors (Lipinski definition) is 1. The average molecular weight is 317 g/mol. The number of pyridine rings is 1. The summed E-state index contributed by atoms with van der Waals surface area (Å²) in [7, 11) is 0. The molecule has 0 aliphatic rings. The molecule has 0 aliphatic heterocycles. The lowest BCUT2D eigenvalue weighted by Crippen LogP contribution is -2.11. The normalized spacial score (nSPS) is 10.3. The zero-order valence-corrected chi connectivity index (χ0v) is 13.1. The fourth-order valence-corrected chi connectivity index (χ4v) is 2.55. The first kappa shape index (κ1) is 15.5. The van der Waals surface area contributed by atoms with Crippen molar-refractivity contribution < 1.29 is 9.53 Å². The standard InChI is InChI=1S/C19H15N3O2/c1-2-24-19(23)17-16(10-15(11-20)18(21)22-17)14-8-7-12-5-3-4-6-13(12)9-14/h3-10H,2H2,1H3,(H2,21,22). The summed E-state index contributed by atoms with van der Waals surface area (Å²) < 4.78 is 5.07. The van der Waals surface area contributed by atoms with Gasteiger partial charge in [0.1, 0.15) is 11.9 Å². The number of fused-ring (bicyclic) bond motifs is 1. The van der Waals surface area contributed by atoms with E-state index in [9.17, 15) is 10.1 Å². The highest BCUT2D eigenvalue weighted by Crippen LogP contribution is 2.29. The van der Waals surface area contributed by atoms with Crippen molar-refractivity contribution in [3.05, 3.63) is 59.8 Å². The molecule has 118 valence electrons. The molecule has 0 amide bonds. The van der Waals surface area contributed by atoms with Gasteiger partial charge in [-0.3, -0.25) is 0 Å². The van der Waals surface area contributed by atoms with Crippen molar-refractivity contribution in [2.45, 2.75) is 6.92 Å². The molecule has 0 fully saturated rings. The largest absolute Gasteiger partial charge is 0.461 e. The lowest BCUT2D eigenvalue weighted by Gasteiger charge is -2.11. The smallest absolute Gasteiger partial charge is 0.357 e. The van der Waals surface area contributed by atoms with Crippen LogP contribution < -0.4 is 5.73 Å². The third-order valence-corrected chi connectivity index (χ3v) is 3.70. The Morgan fingerprint density at radius 3 is 2.67 bits per heavy atom. The topological polar surface area (TPSA) is 89.0 Å². The molecule has 3 rings (SSSR count). The van der Waals surface area contributed by atoms with E-state index in [1.165, 1.54) is 0 Å². The molecule has 0 spiro atoms. The second-order valence-corrected chi connectivity index (χ2v) is 5.21. The second kappa shape index (κ2) is 6.39. The highest BCUT2D eigenvalue weighted by Gasteiger charge is 2.19. The van der Waals surface area contributed by atoms with Crippen molar-refractivity contribution in [1.29, 1.82) is 5.26 Å². The molecule has 0 radical (unpaired) electrons. The van der Waals surface area contributed by atoms with E-state index in [1.54, 1.807) is 13.0 Å². The molecule has 2 aromatic carbocycles. The number of nitrogen functional groups attached to an aromatic ring is 1. The Morgan fingerprint density at radius 1 is 1.21 bits per heavy atom. The van der Waals surface area contributed by atoms with E-state index in [0.29, 0.717) is 5.56 Å². The van der Waals surface area contributed by atoms with Gasteiger partial charge >= 0.3 is 5.97 Å². The first-order valence-corrected chi connectivity index (χ1v) is 7.51. The predicted octanol–water partition coefficient (Wildman–Crippen LogP) is 3.53. The van der Waals surface area contributed by atoms with Gasteiger partial charge in [-0.2, -0.15) is 5.26 Å². The fraction of sp³-hybridized carbons (Fsp3) is 0.105. The summed E-state index contributed by atoms with van der Waals surface area (Å²) in [6.45, 7) is 1.96. The van der Waals surface area contributed by atoms with Gasteiger partial charge in [-0.15, -0.1) is 0 Å². The van der Waals surface area contributed by atoms with Gasteiger partial charge < -0.3 is 10.5 Å². The first-order valence-electron chi connectivity index (χ1n) is 7.51. The lowest BCUT2D eigenvalue weighted by molar-refractivity contribution is 0.0520. The molecular formula is C19H15N3O2. The van der Waals surface area contributed by atoms with Crippen LogP contribution in [0.4, 0.5) is 5.82 Å². The minimum Gasteiger partial charge on any atom is -0.461 e. The number of aromatic nitrogens is 1. The number of benzene rings is 2. The third kappa shape index (κ3) is 2.77. The molecule has 1 heterocycles. The molecule has 5 nitrogen and oxygen atoms in total. The van der Waals surface area contributed by atoms with Crippen LogP contribution in [-0.4, -0.2) is 17.6 Å². The number of carbonyl (C=O) groups is 1. The Labute approximate surface area is 139 Å². The summed E-state index contributed by atoms with van der Waals surface area (Å²) >= 11 is 0. The van der Waals surface area contributed by atoms with Crippen LogP contribution in [0, 0.1) is 11.3 Å². The molecule has 0 bridgehead atoms. The second-order valence-electron chi connectivity index (χ2n) is 5.21. The quantitative estimate of drug-likeness (QED) is 0.746. The van der Waals surface area contributed by atoms with E-state index >= 15 is 0 Å². The summed E-state index contributed by atoms with van der Waals surface area (Å²) in [4.78, 5) is 16.3. The summed E-state index contributed by atoms with van der Waals surface area (Å²) in [5, 5.41) is 11.3. The van der Waals surface area contributed by atoms with Crippen molar-refractivity contribution >= 4 is 22.6 Å². The van der Waals surface area contributed by atoms with Crippen LogP contribution in [0.25, 0.3) is 21.9 Å². The van der Waals surface area contributed by atoms with Crippen molar-refractivity contribution in [1.82, 2.24) is 4.98 Å². The van der Waals surface area contributed by atoms with Crippen molar-refractivity contribution in [2.75, 3.05) is 12.3 Å².